The van der Waals surface area contributed by atoms with Crippen molar-refractivity contribution in [2.45, 2.75) is 13.1 Å². The average molecular weight is 296 g/mol. The number of amides is 1. The predicted molar refractivity (Wildman–Crippen MR) is 61.9 cm³/mol. The summed E-state index contributed by atoms with van der Waals surface area (Å²) < 4.78 is 37.5. The minimum absolute atomic E-state index is 0.210. The Morgan fingerprint density at radius 1 is 1.32 bits per heavy atom. The van der Waals surface area contributed by atoms with Crippen molar-refractivity contribution in [2.75, 3.05) is 5.32 Å². The summed E-state index contributed by atoms with van der Waals surface area (Å²) >= 11 is 5.51. The number of hydrogen-bond acceptors (Lipinski definition) is 2. The van der Waals surface area contributed by atoms with Gasteiger partial charge in [-0.2, -0.15) is 13.2 Å². The molecule has 0 aliphatic heterocycles. The largest absolute Gasteiger partial charge is 0.481 e. The Morgan fingerprint density at radius 2 is 1.89 bits per heavy atom. The van der Waals surface area contributed by atoms with E-state index in [4.69, 9.17) is 16.7 Å². The fourth-order valence-electron chi connectivity index (χ4n) is 1.19. The van der Waals surface area contributed by atoms with Crippen molar-refractivity contribution >= 4 is 29.2 Å². The van der Waals surface area contributed by atoms with Gasteiger partial charge >= 0.3 is 12.1 Å². The molecule has 0 bridgehead atoms. The molecule has 0 aliphatic rings. The molecule has 104 valence electrons. The van der Waals surface area contributed by atoms with E-state index in [1.165, 1.54) is 0 Å². The van der Waals surface area contributed by atoms with Gasteiger partial charge in [0.15, 0.2) is 0 Å². The molecule has 1 atom stereocenters. The second-order valence-electron chi connectivity index (χ2n) is 3.78. The Morgan fingerprint density at radius 3 is 2.37 bits per heavy atom. The molecule has 0 fully saturated rings. The lowest BCUT2D eigenvalue weighted by Crippen LogP contribution is -2.27. The van der Waals surface area contributed by atoms with Gasteiger partial charge in [0.05, 0.1) is 5.56 Å². The van der Waals surface area contributed by atoms with Gasteiger partial charge < -0.3 is 10.4 Å². The van der Waals surface area contributed by atoms with Crippen LogP contribution in [0.25, 0.3) is 0 Å². The number of nitrogens with one attached hydrogen (secondary N) is 1. The summed E-state index contributed by atoms with van der Waals surface area (Å²) in [5.41, 5.74) is -1.24. The minimum Gasteiger partial charge on any atom is -0.481 e. The molecule has 1 unspecified atom stereocenters. The monoisotopic (exact) mass is 295 g/mol. The molecule has 2 N–H and O–H groups in total. The molecule has 0 aliphatic carbocycles. The zero-order chi connectivity index (χ0) is 14.8. The fraction of sp³-hybridized carbons (Fsp3) is 0.273. The number of hydrogen-bond donors (Lipinski definition) is 2. The molecule has 0 heterocycles. The third-order valence-corrected chi connectivity index (χ3v) is 2.47. The number of carboxylic acids is 1. The van der Waals surface area contributed by atoms with Gasteiger partial charge in [0.25, 0.3) is 0 Å². The standard InChI is InChI=1S/C11H9ClF3NO3/c1-5(10(18)19)9(17)16-8-3-6(11(13,14)15)2-7(12)4-8/h2-5H,1H3,(H,16,17)(H,18,19). The quantitative estimate of drug-likeness (QED) is 0.842. The number of carboxylic acid groups (broad SMARTS) is 1. The molecule has 4 nitrogen and oxygen atoms in total. The van der Waals surface area contributed by atoms with E-state index in [0.717, 1.165) is 13.0 Å². The maximum atomic E-state index is 12.5. The molecule has 0 radical (unpaired) electrons. The van der Waals surface area contributed by atoms with Crippen LogP contribution in [0.2, 0.25) is 5.02 Å². The van der Waals surface area contributed by atoms with Crippen molar-refractivity contribution in [1.82, 2.24) is 0 Å². The molecule has 0 spiro atoms. The molecule has 1 aromatic carbocycles. The zero-order valence-corrected chi connectivity index (χ0v) is 10.3. The van der Waals surface area contributed by atoms with E-state index in [1.807, 2.05) is 0 Å². The van der Waals surface area contributed by atoms with E-state index in [-0.39, 0.29) is 10.7 Å². The van der Waals surface area contributed by atoms with E-state index in [2.05, 4.69) is 5.32 Å². The molecule has 0 aromatic heterocycles. The topological polar surface area (TPSA) is 66.4 Å². The van der Waals surface area contributed by atoms with E-state index in [1.54, 1.807) is 0 Å². The smallest absolute Gasteiger partial charge is 0.416 e. The van der Waals surface area contributed by atoms with Crippen LogP contribution in [0.1, 0.15) is 12.5 Å². The molecule has 8 heteroatoms. The maximum Gasteiger partial charge on any atom is 0.416 e. The van der Waals surface area contributed by atoms with Gasteiger partial charge in [-0.25, -0.2) is 0 Å². The van der Waals surface area contributed by atoms with Crippen LogP contribution in [0, 0.1) is 5.92 Å². The van der Waals surface area contributed by atoms with Crippen molar-refractivity contribution in [3.63, 3.8) is 0 Å². The van der Waals surface area contributed by atoms with E-state index >= 15 is 0 Å². The van der Waals surface area contributed by atoms with Gasteiger partial charge in [-0.1, -0.05) is 11.6 Å². The molecular formula is C11H9ClF3NO3. The van der Waals surface area contributed by atoms with Gasteiger partial charge in [0, 0.05) is 10.7 Å². The highest BCUT2D eigenvalue weighted by molar-refractivity contribution is 6.31. The number of anilines is 1. The van der Waals surface area contributed by atoms with Crippen LogP contribution < -0.4 is 5.32 Å². The van der Waals surface area contributed by atoms with Crippen molar-refractivity contribution in [2.24, 2.45) is 5.92 Å². The normalized spacial score (nSPS) is 12.9. The molecule has 1 aromatic rings. The number of aliphatic carboxylic acids is 1. The highest BCUT2D eigenvalue weighted by atomic mass is 35.5. The van der Waals surface area contributed by atoms with Crippen molar-refractivity contribution in [3.8, 4) is 0 Å². The summed E-state index contributed by atoms with van der Waals surface area (Å²) in [5.74, 6) is -3.69. The lowest BCUT2D eigenvalue weighted by Gasteiger charge is -2.12. The highest BCUT2D eigenvalue weighted by Gasteiger charge is 2.31. The zero-order valence-electron chi connectivity index (χ0n) is 9.58. The molecular weight excluding hydrogens is 287 g/mol. The van der Waals surface area contributed by atoms with Crippen LogP contribution >= 0.6 is 11.6 Å². The second kappa shape index (κ2) is 5.48. The molecule has 0 saturated carbocycles. The number of rotatable bonds is 3. The molecule has 19 heavy (non-hydrogen) atoms. The predicted octanol–water partition coefficient (Wildman–Crippen LogP) is 3.02. The Kier molecular flexibility index (Phi) is 4.41. The summed E-state index contributed by atoms with van der Waals surface area (Å²) in [4.78, 5) is 22.0. The first kappa shape index (κ1) is 15.3. The third kappa shape index (κ3) is 4.13. The molecule has 1 rings (SSSR count). The van der Waals surface area contributed by atoms with E-state index in [0.29, 0.717) is 12.1 Å². The maximum absolute atomic E-state index is 12.5. The first-order valence-electron chi connectivity index (χ1n) is 5.02. The highest BCUT2D eigenvalue weighted by Crippen LogP contribution is 2.33. The summed E-state index contributed by atoms with van der Waals surface area (Å²) in [6, 6.07) is 2.49. The van der Waals surface area contributed by atoms with Crippen molar-refractivity contribution in [1.29, 1.82) is 0 Å². The number of carbonyl (C=O) groups is 2. The Bertz CT molecular complexity index is 516. The lowest BCUT2D eigenvalue weighted by molar-refractivity contribution is -0.144. The van der Waals surface area contributed by atoms with Crippen LogP contribution in [0.15, 0.2) is 18.2 Å². The van der Waals surface area contributed by atoms with Crippen molar-refractivity contribution < 1.29 is 27.9 Å². The lowest BCUT2D eigenvalue weighted by atomic mass is 10.1. The Hall–Kier alpha value is -1.76. The van der Waals surface area contributed by atoms with E-state index < -0.39 is 29.5 Å². The third-order valence-electron chi connectivity index (χ3n) is 2.26. The minimum atomic E-state index is -4.61. The van der Waals surface area contributed by atoms with Crippen LogP contribution in [-0.2, 0) is 15.8 Å². The van der Waals surface area contributed by atoms with Gasteiger partial charge in [0.1, 0.15) is 5.92 Å². The van der Waals surface area contributed by atoms with Gasteiger partial charge in [0.2, 0.25) is 5.91 Å². The van der Waals surface area contributed by atoms with Gasteiger partial charge in [-0.3, -0.25) is 9.59 Å². The second-order valence-corrected chi connectivity index (χ2v) is 4.21. The van der Waals surface area contributed by atoms with Gasteiger partial charge in [-0.15, -0.1) is 0 Å². The number of alkyl halides is 3. The summed E-state index contributed by atoms with van der Waals surface area (Å²) in [5, 5.41) is 10.5. The summed E-state index contributed by atoms with van der Waals surface area (Å²) in [6.45, 7) is 1.12. The Balaban J connectivity index is 3.00. The van der Waals surface area contributed by atoms with Crippen LogP contribution in [0.3, 0.4) is 0 Å². The summed E-state index contributed by atoms with van der Waals surface area (Å²) in [7, 11) is 0. The summed E-state index contributed by atoms with van der Waals surface area (Å²) in [6.07, 6.45) is -4.61. The van der Waals surface area contributed by atoms with Crippen LogP contribution in [0.4, 0.5) is 18.9 Å². The number of carbonyl (C=O) groups excluding carboxylic acids is 1. The average Bonchev–Trinajstić information content (AvgIpc) is 2.25. The van der Waals surface area contributed by atoms with Crippen molar-refractivity contribution in [3.05, 3.63) is 28.8 Å². The van der Waals surface area contributed by atoms with E-state index in [9.17, 15) is 22.8 Å². The molecule has 0 saturated heterocycles. The fourth-order valence-corrected chi connectivity index (χ4v) is 1.42. The van der Waals surface area contributed by atoms with Gasteiger partial charge in [-0.05, 0) is 25.1 Å². The SMILES string of the molecule is CC(C(=O)O)C(=O)Nc1cc(Cl)cc(C(F)(F)F)c1. The number of halogens is 4. The Labute approximate surface area is 111 Å². The van der Waals surface area contributed by atoms with Crippen LogP contribution in [0.5, 0.6) is 0 Å². The first-order chi connectivity index (χ1) is 8.61. The number of benzene rings is 1. The first-order valence-corrected chi connectivity index (χ1v) is 5.40. The van der Waals surface area contributed by atoms with Crippen LogP contribution in [-0.4, -0.2) is 17.0 Å². The molecule has 1 amide bonds.